The van der Waals surface area contributed by atoms with Crippen LogP contribution < -0.4 is 10.6 Å². The Balaban J connectivity index is 1.74. The van der Waals surface area contributed by atoms with Gasteiger partial charge < -0.3 is 20.3 Å². The highest BCUT2D eigenvalue weighted by atomic mass is 16.6. The highest BCUT2D eigenvalue weighted by Crippen LogP contribution is 2.47. The lowest BCUT2D eigenvalue weighted by molar-refractivity contribution is -0.143. The van der Waals surface area contributed by atoms with Crippen LogP contribution in [0.3, 0.4) is 0 Å². The number of amides is 3. The molecule has 1 saturated carbocycles. The van der Waals surface area contributed by atoms with Crippen molar-refractivity contribution in [1.82, 2.24) is 15.5 Å². The number of carbonyl (C=O) groups excluding carboxylic acids is 3. The molecule has 1 heterocycles. The van der Waals surface area contributed by atoms with Crippen LogP contribution in [-0.2, 0) is 20.7 Å². The molecule has 34 heavy (non-hydrogen) atoms. The first kappa shape index (κ1) is 25.5. The monoisotopic (exact) mass is 467 g/mol. The molecule has 2 aliphatic rings. The van der Waals surface area contributed by atoms with Crippen LogP contribution in [0, 0.1) is 5.92 Å². The molecule has 3 amide bonds. The third-order valence-corrected chi connectivity index (χ3v) is 6.44. The largest absolute Gasteiger partial charge is 0.444 e. The predicted octanol–water partition coefficient (Wildman–Crippen LogP) is 3.75. The third-order valence-electron chi connectivity index (χ3n) is 6.44. The number of carbonyl (C=O) groups is 3. The van der Waals surface area contributed by atoms with E-state index in [1.54, 1.807) is 37.8 Å². The molecule has 1 aromatic rings. The summed E-state index contributed by atoms with van der Waals surface area (Å²) in [5.41, 5.74) is -0.678. The van der Waals surface area contributed by atoms with Gasteiger partial charge in [-0.15, -0.1) is 13.2 Å². The second-order valence-corrected chi connectivity index (χ2v) is 10.2. The molecule has 7 nitrogen and oxygen atoms in total. The Morgan fingerprint density at radius 3 is 2.47 bits per heavy atom. The van der Waals surface area contributed by atoms with Gasteiger partial charge in [-0.2, -0.15) is 0 Å². The Morgan fingerprint density at radius 1 is 1.18 bits per heavy atom. The molecule has 1 aromatic carbocycles. The van der Waals surface area contributed by atoms with Gasteiger partial charge in [0.15, 0.2) is 0 Å². The van der Waals surface area contributed by atoms with Crippen molar-refractivity contribution >= 4 is 17.9 Å². The maximum Gasteiger partial charge on any atom is 0.408 e. The summed E-state index contributed by atoms with van der Waals surface area (Å²) >= 11 is 0. The molecule has 0 radical (unpaired) electrons. The summed E-state index contributed by atoms with van der Waals surface area (Å²) in [5.74, 6) is -0.630. The molecular weight excluding hydrogens is 430 g/mol. The van der Waals surface area contributed by atoms with E-state index in [0.717, 1.165) is 5.56 Å². The number of likely N-dealkylation sites (tertiary alicyclic amines) is 1. The topological polar surface area (TPSA) is 87.7 Å². The Morgan fingerprint density at radius 2 is 1.88 bits per heavy atom. The summed E-state index contributed by atoms with van der Waals surface area (Å²) in [6.45, 7) is 13.5. The molecule has 0 spiro atoms. The third kappa shape index (κ3) is 5.88. The second-order valence-electron chi connectivity index (χ2n) is 10.2. The normalized spacial score (nSPS) is 25.9. The van der Waals surface area contributed by atoms with Crippen molar-refractivity contribution in [2.24, 2.45) is 5.92 Å². The molecule has 1 saturated heterocycles. The van der Waals surface area contributed by atoms with Gasteiger partial charge in [0.1, 0.15) is 17.2 Å². The van der Waals surface area contributed by atoms with E-state index >= 15 is 0 Å². The Bertz CT molecular complexity index is 924. The number of nitrogens with zero attached hydrogens (tertiary/aromatic N) is 1. The van der Waals surface area contributed by atoms with E-state index in [2.05, 4.69) is 23.8 Å². The lowest BCUT2D eigenvalue weighted by atomic mass is 10.1. The average molecular weight is 468 g/mol. The number of alkyl carbamates (subject to hydrolysis) is 1. The fraction of sp³-hybridized carbons (Fsp3) is 0.519. The number of nitrogens with one attached hydrogen (secondary N) is 2. The zero-order valence-corrected chi connectivity index (χ0v) is 20.5. The molecule has 1 aliphatic heterocycles. The Hall–Kier alpha value is -3.09. The minimum Gasteiger partial charge on any atom is -0.444 e. The summed E-state index contributed by atoms with van der Waals surface area (Å²) in [5, 5.41) is 5.81. The summed E-state index contributed by atoms with van der Waals surface area (Å²) in [4.78, 5) is 41.3. The van der Waals surface area contributed by atoms with Crippen molar-refractivity contribution in [3.05, 3.63) is 61.2 Å². The van der Waals surface area contributed by atoms with Gasteiger partial charge >= 0.3 is 6.09 Å². The van der Waals surface area contributed by atoms with E-state index < -0.39 is 23.3 Å². The van der Waals surface area contributed by atoms with Crippen molar-refractivity contribution in [1.29, 1.82) is 0 Å². The molecular formula is C27H37N3O4. The van der Waals surface area contributed by atoms with Crippen LogP contribution in [0.25, 0.3) is 0 Å². The van der Waals surface area contributed by atoms with Gasteiger partial charge in [0.25, 0.3) is 0 Å². The first-order valence-corrected chi connectivity index (χ1v) is 12.0. The number of ether oxygens (including phenoxy) is 1. The van der Waals surface area contributed by atoms with Crippen LogP contribution in [0.1, 0.15) is 52.0 Å². The summed E-state index contributed by atoms with van der Waals surface area (Å²) in [7, 11) is 0. The predicted molar refractivity (Wildman–Crippen MR) is 132 cm³/mol. The molecule has 7 heteroatoms. The maximum atomic E-state index is 13.9. The van der Waals surface area contributed by atoms with Crippen LogP contribution in [0.5, 0.6) is 0 Å². The van der Waals surface area contributed by atoms with Crippen molar-refractivity contribution in [3.8, 4) is 0 Å². The van der Waals surface area contributed by atoms with Crippen molar-refractivity contribution in [3.63, 3.8) is 0 Å². The number of hydrogen-bond acceptors (Lipinski definition) is 4. The quantitative estimate of drug-likeness (QED) is 0.542. The molecule has 4 atom stereocenters. The number of hydrogen-bond donors (Lipinski definition) is 2. The van der Waals surface area contributed by atoms with Gasteiger partial charge in [-0.25, -0.2) is 4.79 Å². The van der Waals surface area contributed by atoms with Gasteiger partial charge in [-0.1, -0.05) is 42.5 Å². The Kier molecular flexibility index (Phi) is 7.85. The standard InChI is InChI=1S/C27H37N3O4/c1-6-11-21-14-15-22(23(31)28-17-16-19-12-9-8-10-13-19)30(21)24(32)27(18-20(27)7-2)29-25(33)34-26(3,4)5/h6-10,12-13,20-22H,1-2,11,14-18H2,3-5H3,(H,28,31)(H,29,33)/t20?,21-,22-,27?/m0/s1. The molecule has 2 N–H and O–H groups in total. The average Bonchev–Trinajstić information content (AvgIpc) is 3.32. The molecule has 184 valence electrons. The highest BCUT2D eigenvalue weighted by Gasteiger charge is 2.63. The minimum absolute atomic E-state index is 0.141. The SMILES string of the molecule is C=CC[C@H]1CC[C@@H](C(=O)NCCc2ccccc2)N1C(=O)C1(NC(=O)OC(C)(C)C)CC1C=C. The van der Waals surface area contributed by atoms with Crippen LogP contribution >= 0.6 is 0 Å². The fourth-order valence-corrected chi connectivity index (χ4v) is 4.70. The van der Waals surface area contributed by atoms with Gasteiger partial charge in [-0.3, -0.25) is 9.59 Å². The molecule has 2 fully saturated rings. The maximum absolute atomic E-state index is 13.9. The first-order chi connectivity index (χ1) is 16.1. The number of benzene rings is 1. The fourth-order valence-electron chi connectivity index (χ4n) is 4.70. The van der Waals surface area contributed by atoms with E-state index in [9.17, 15) is 14.4 Å². The zero-order chi connectivity index (χ0) is 24.9. The molecule has 3 rings (SSSR count). The van der Waals surface area contributed by atoms with Gasteiger partial charge in [0.2, 0.25) is 11.8 Å². The van der Waals surface area contributed by atoms with E-state index in [1.165, 1.54) is 0 Å². The smallest absolute Gasteiger partial charge is 0.408 e. The van der Waals surface area contributed by atoms with Gasteiger partial charge in [0.05, 0.1) is 0 Å². The second kappa shape index (κ2) is 10.5. The van der Waals surface area contributed by atoms with Crippen molar-refractivity contribution in [2.75, 3.05) is 6.54 Å². The first-order valence-electron chi connectivity index (χ1n) is 12.0. The zero-order valence-electron chi connectivity index (χ0n) is 20.5. The van der Waals surface area contributed by atoms with Gasteiger partial charge in [0, 0.05) is 18.5 Å². The number of rotatable bonds is 9. The minimum atomic E-state index is -1.13. The van der Waals surface area contributed by atoms with E-state index in [4.69, 9.17) is 4.74 Å². The summed E-state index contributed by atoms with van der Waals surface area (Å²) < 4.78 is 5.41. The molecule has 0 bridgehead atoms. The van der Waals surface area contributed by atoms with E-state index in [1.807, 2.05) is 30.3 Å². The summed E-state index contributed by atoms with van der Waals surface area (Å²) in [6.07, 6.45) is 5.82. The van der Waals surface area contributed by atoms with Crippen LogP contribution in [0.2, 0.25) is 0 Å². The van der Waals surface area contributed by atoms with E-state index in [-0.39, 0.29) is 23.8 Å². The highest BCUT2D eigenvalue weighted by molar-refractivity contribution is 5.97. The lowest BCUT2D eigenvalue weighted by Gasteiger charge is -2.34. The summed E-state index contributed by atoms with van der Waals surface area (Å²) in [6, 6.07) is 9.21. The molecule has 2 unspecified atom stereocenters. The van der Waals surface area contributed by atoms with Crippen LogP contribution in [-0.4, -0.2) is 52.6 Å². The van der Waals surface area contributed by atoms with Crippen LogP contribution in [0.4, 0.5) is 4.79 Å². The van der Waals surface area contributed by atoms with E-state index in [0.29, 0.717) is 38.6 Å². The van der Waals surface area contributed by atoms with Crippen molar-refractivity contribution in [2.45, 2.75) is 76.1 Å². The van der Waals surface area contributed by atoms with Crippen molar-refractivity contribution < 1.29 is 19.1 Å². The van der Waals surface area contributed by atoms with Gasteiger partial charge in [-0.05, 0) is 58.4 Å². The van der Waals surface area contributed by atoms with Crippen LogP contribution in [0.15, 0.2) is 55.6 Å². The lowest BCUT2D eigenvalue weighted by Crippen LogP contribution is -2.58. The molecule has 0 aromatic heterocycles. The molecule has 1 aliphatic carbocycles. The Labute approximate surface area is 202 Å².